The van der Waals surface area contributed by atoms with Crippen LogP contribution in [0.3, 0.4) is 0 Å². The smallest absolute Gasteiger partial charge is 0.236 e. The molecule has 0 radical (unpaired) electrons. The largest absolute Gasteiger partial charge is 0.356 e. The van der Waals surface area contributed by atoms with E-state index in [2.05, 4.69) is 25.2 Å². The third kappa shape index (κ3) is 3.91. The Morgan fingerprint density at radius 2 is 2.08 bits per heavy atom. The quantitative estimate of drug-likeness (QED) is 0.547. The SMILES string of the molecule is O=C(CSc1cc(N2CCCC2)ncn1)Nc1nc2ccccc2s1. The van der Waals surface area contributed by atoms with Crippen LogP contribution in [0, 0.1) is 0 Å². The van der Waals surface area contributed by atoms with Gasteiger partial charge in [0.1, 0.15) is 17.2 Å². The van der Waals surface area contributed by atoms with Gasteiger partial charge in [0.2, 0.25) is 5.91 Å². The third-order valence-corrected chi connectivity index (χ3v) is 5.83. The zero-order valence-electron chi connectivity index (χ0n) is 13.5. The molecule has 1 fully saturated rings. The van der Waals surface area contributed by atoms with Crippen LogP contribution in [0.25, 0.3) is 10.2 Å². The minimum atomic E-state index is -0.0783. The number of para-hydroxylation sites is 1. The molecule has 0 saturated carbocycles. The second-order valence-corrected chi connectivity index (χ2v) is 7.76. The number of fused-ring (bicyclic) bond motifs is 1. The van der Waals surface area contributed by atoms with Gasteiger partial charge in [-0.1, -0.05) is 35.2 Å². The van der Waals surface area contributed by atoms with Crippen molar-refractivity contribution in [3.8, 4) is 0 Å². The molecular weight excluding hydrogens is 354 g/mol. The molecule has 1 N–H and O–H groups in total. The highest BCUT2D eigenvalue weighted by Crippen LogP contribution is 2.26. The summed E-state index contributed by atoms with van der Waals surface area (Å²) in [5.41, 5.74) is 0.904. The lowest BCUT2D eigenvalue weighted by Crippen LogP contribution is -2.19. The fraction of sp³-hybridized carbons (Fsp3) is 0.294. The van der Waals surface area contributed by atoms with Gasteiger partial charge in [-0.2, -0.15) is 0 Å². The number of benzene rings is 1. The van der Waals surface area contributed by atoms with Gasteiger partial charge in [0.05, 0.1) is 16.0 Å². The van der Waals surface area contributed by atoms with Crippen LogP contribution in [0.4, 0.5) is 10.9 Å². The summed E-state index contributed by atoms with van der Waals surface area (Å²) >= 11 is 2.90. The highest BCUT2D eigenvalue weighted by molar-refractivity contribution is 7.99. The Morgan fingerprint density at radius 3 is 2.92 bits per heavy atom. The first-order valence-corrected chi connectivity index (χ1v) is 9.93. The molecule has 0 atom stereocenters. The fourth-order valence-electron chi connectivity index (χ4n) is 2.75. The Kier molecular flexibility index (Phi) is 4.80. The summed E-state index contributed by atoms with van der Waals surface area (Å²) in [6.45, 7) is 2.08. The average Bonchev–Trinajstić information content (AvgIpc) is 3.29. The Labute approximate surface area is 153 Å². The van der Waals surface area contributed by atoms with Crippen molar-refractivity contribution >= 4 is 50.2 Å². The number of rotatable bonds is 5. The molecule has 0 unspecified atom stereocenters. The summed E-state index contributed by atoms with van der Waals surface area (Å²) in [7, 11) is 0. The van der Waals surface area contributed by atoms with Crippen LogP contribution in [0.15, 0.2) is 41.7 Å². The van der Waals surface area contributed by atoms with Crippen molar-refractivity contribution in [3.63, 3.8) is 0 Å². The monoisotopic (exact) mass is 371 g/mol. The van der Waals surface area contributed by atoms with Crippen molar-refractivity contribution in [2.45, 2.75) is 17.9 Å². The topological polar surface area (TPSA) is 71.0 Å². The predicted molar refractivity (Wildman–Crippen MR) is 102 cm³/mol. The minimum Gasteiger partial charge on any atom is -0.356 e. The van der Waals surface area contributed by atoms with Gasteiger partial charge >= 0.3 is 0 Å². The van der Waals surface area contributed by atoms with Crippen molar-refractivity contribution in [2.75, 3.05) is 29.1 Å². The van der Waals surface area contributed by atoms with Gasteiger partial charge in [-0.25, -0.2) is 15.0 Å². The second-order valence-electron chi connectivity index (χ2n) is 5.73. The van der Waals surface area contributed by atoms with Gasteiger partial charge in [-0.05, 0) is 25.0 Å². The van der Waals surface area contributed by atoms with Crippen LogP contribution < -0.4 is 10.2 Å². The average molecular weight is 371 g/mol. The molecule has 4 rings (SSSR count). The number of hydrogen-bond donors (Lipinski definition) is 1. The van der Waals surface area contributed by atoms with Crippen molar-refractivity contribution < 1.29 is 4.79 Å². The Balaban J connectivity index is 1.36. The van der Waals surface area contributed by atoms with E-state index in [0.29, 0.717) is 10.9 Å². The summed E-state index contributed by atoms with van der Waals surface area (Å²) in [5, 5.41) is 4.31. The Hall–Kier alpha value is -2.19. The van der Waals surface area contributed by atoms with Crippen LogP contribution in [0.1, 0.15) is 12.8 Å². The lowest BCUT2D eigenvalue weighted by atomic mass is 10.3. The molecule has 6 nitrogen and oxygen atoms in total. The van der Waals surface area contributed by atoms with Crippen LogP contribution in [0.5, 0.6) is 0 Å². The van der Waals surface area contributed by atoms with Gasteiger partial charge in [0.15, 0.2) is 5.13 Å². The third-order valence-electron chi connectivity index (χ3n) is 3.95. The van der Waals surface area contributed by atoms with Gasteiger partial charge in [-0.15, -0.1) is 0 Å². The van der Waals surface area contributed by atoms with E-state index >= 15 is 0 Å². The maximum absolute atomic E-state index is 12.2. The number of anilines is 2. The molecule has 0 aliphatic carbocycles. The number of amides is 1. The molecule has 1 aliphatic rings. The van der Waals surface area contributed by atoms with E-state index in [1.54, 1.807) is 6.33 Å². The van der Waals surface area contributed by atoms with E-state index in [1.807, 2.05) is 30.3 Å². The molecule has 3 aromatic rings. The minimum absolute atomic E-state index is 0.0783. The molecule has 25 heavy (non-hydrogen) atoms. The van der Waals surface area contributed by atoms with E-state index in [4.69, 9.17) is 0 Å². The maximum atomic E-state index is 12.2. The highest BCUT2D eigenvalue weighted by atomic mass is 32.2. The molecule has 0 spiro atoms. The predicted octanol–water partition coefficient (Wildman–Crippen LogP) is 3.42. The van der Waals surface area contributed by atoms with E-state index in [1.165, 1.54) is 35.9 Å². The molecule has 128 valence electrons. The van der Waals surface area contributed by atoms with Crippen molar-refractivity contribution in [3.05, 3.63) is 36.7 Å². The van der Waals surface area contributed by atoms with Crippen molar-refractivity contribution in [1.29, 1.82) is 0 Å². The number of aromatic nitrogens is 3. The van der Waals surface area contributed by atoms with Gasteiger partial charge in [0.25, 0.3) is 0 Å². The van der Waals surface area contributed by atoms with Gasteiger partial charge in [-0.3, -0.25) is 4.79 Å². The maximum Gasteiger partial charge on any atom is 0.236 e. The molecule has 1 aromatic carbocycles. The molecule has 1 amide bonds. The fourth-order valence-corrected chi connectivity index (χ4v) is 4.29. The number of nitrogens with one attached hydrogen (secondary N) is 1. The molecule has 3 heterocycles. The van der Waals surface area contributed by atoms with E-state index in [0.717, 1.165) is 34.1 Å². The lowest BCUT2D eigenvalue weighted by molar-refractivity contribution is -0.113. The zero-order valence-corrected chi connectivity index (χ0v) is 15.1. The Morgan fingerprint density at radius 1 is 1.24 bits per heavy atom. The number of carbonyl (C=O) groups excluding carboxylic acids is 1. The summed E-state index contributed by atoms with van der Waals surface area (Å²) in [5.74, 6) is 1.17. The summed E-state index contributed by atoms with van der Waals surface area (Å²) in [6.07, 6.45) is 3.98. The van der Waals surface area contributed by atoms with Gasteiger partial charge in [0, 0.05) is 19.2 Å². The molecule has 1 saturated heterocycles. The summed E-state index contributed by atoms with van der Waals surface area (Å²) in [6, 6.07) is 9.81. The summed E-state index contributed by atoms with van der Waals surface area (Å²) in [4.78, 5) is 27.5. The first-order valence-electron chi connectivity index (χ1n) is 8.13. The normalized spacial score (nSPS) is 14.2. The Bertz CT molecular complexity index is 858. The molecular formula is C17H17N5OS2. The second kappa shape index (κ2) is 7.37. The number of carbonyl (C=O) groups is 1. The molecule has 8 heteroatoms. The van der Waals surface area contributed by atoms with Crippen LogP contribution in [-0.2, 0) is 4.79 Å². The molecule has 0 bridgehead atoms. The standard InChI is InChI=1S/C17H17N5OS2/c23-15(21-17-20-12-5-1-2-6-13(12)25-17)10-24-16-9-14(18-11-19-16)22-7-3-4-8-22/h1-2,5-6,9,11H,3-4,7-8,10H2,(H,20,21,23). The highest BCUT2D eigenvalue weighted by Gasteiger charge is 2.15. The molecule has 2 aromatic heterocycles. The van der Waals surface area contributed by atoms with Crippen LogP contribution in [-0.4, -0.2) is 39.7 Å². The van der Waals surface area contributed by atoms with E-state index in [9.17, 15) is 4.79 Å². The number of nitrogens with zero attached hydrogens (tertiary/aromatic N) is 4. The van der Waals surface area contributed by atoms with Crippen LogP contribution in [0.2, 0.25) is 0 Å². The first kappa shape index (κ1) is 16.3. The van der Waals surface area contributed by atoms with Gasteiger partial charge < -0.3 is 10.2 Å². The van der Waals surface area contributed by atoms with Crippen LogP contribution >= 0.6 is 23.1 Å². The molecule has 1 aliphatic heterocycles. The zero-order chi connectivity index (χ0) is 17.1. The van der Waals surface area contributed by atoms with Crippen molar-refractivity contribution in [2.24, 2.45) is 0 Å². The lowest BCUT2D eigenvalue weighted by Gasteiger charge is -2.16. The number of hydrogen-bond acceptors (Lipinski definition) is 7. The number of thioether (sulfide) groups is 1. The first-order chi connectivity index (χ1) is 12.3. The van der Waals surface area contributed by atoms with E-state index in [-0.39, 0.29) is 5.91 Å². The van der Waals surface area contributed by atoms with Crippen molar-refractivity contribution in [1.82, 2.24) is 15.0 Å². The summed E-state index contributed by atoms with van der Waals surface area (Å²) < 4.78 is 1.07. The van der Waals surface area contributed by atoms with E-state index < -0.39 is 0 Å². The number of thiazole rings is 1.